The van der Waals surface area contributed by atoms with Crippen molar-refractivity contribution in [2.24, 2.45) is 0 Å². The minimum Gasteiger partial charge on any atom is -0.486 e. The average molecular weight is 674 g/mol. The number of carbonyl (C=O) groups is 2. The lowest BCUT2D eigenvalue weighted by Crippen LogP contribution is -2.36. The van der Waals surface area contributed by atoms with Crippen LogP contribution in [0.4, 0.5) is 29.5 Å². The zero-order valence-corrected chi connectivity index (χ0v) is 29.7. The second kappa shape index (κ2) is 19.9. The maximum atomic E-state index is 14.1. The second-order valence-electron chi connectivity index (χ2n) is 11.6. The number of aldehydes is 1. The number of likely N-dealkylation sites (N-methyl/N-ethyl adjacent to an activating group) is 1. The Balaban J connectivity index is 0.000000493. The molecule has 0 saturated heterocycles. The summed E-state index contributed by atoms with van der Waals surface area (Å²) >= 11 is 0. The number of rotatable bonds is 8. The molecule has 0 aliphatic heterocycles. The summed E-state index contributed by atoms with van der Waals surface area (Å²) < 4.78 is 49.5. The minimum atomic E-state index is -0.586. The Morgan fingerprint density at radius 1 is 1.15 bits per heavy atom. The maximum Gasteiger partial charge on any atom is 0.410 e. The number of hydrogen-bond donors (Lipinski definition) is 2. The summed E-state index contributed by atoms with van der Waals surface area (Å²) in [6, 6.07) is 7.64. The van der Waals surface area contributed by atoms with E-state index < -0.39 is 23.3 Å². The lowest BCUT2D eigenvalue weighted by atomic mass is 10.0. The van der Waals surface area contributed by atoms with E-state index in [2.05, 4.69) is 15.3 Å². The number of nitrogens with zero attached hydrogens (tertiary/aromatic N) is 3. The molecule has 1 aliphatic carbocycles. The molecule has 1 aliphatic rings. The summed E-state index contributed by atoms with van der Waals surface area (Å²) in [6.45, 7) is 14.7. The third-order valence-corrected chi connectivity index (χ3v) is 6.70. The Labute approximate surface area is 282 Å². The monoisotopic (exact) mass is 673 g/mol. The van der Waals surface area contributed by atoms with E-state index in [4.69, 9.17) is 15.2 Å². The highest BCUT2D eigenvalue weighted by Gasteiger charge is 2.24. The Bertz CT molecular complexity index is 1520. The van der Waals surface area contributed by atoms with E-state index in [1.165, 1.54) is 42.4 Å². The lowest BCUT2D eigenvalue weighted by molar-refractivity contribution is 0.0278. The molecule has 1 saturated carbocycles. The number of ether oxygens (including phenoxy) is 2. The minimum absolute atomic E-state index is 0.120. The first-order chi connectivity index (χ1) is 22.6. The van der Waals surface area contributed by atoms with Gasteiger partial charge in [-0.1, -0.05) is 26.0 Å². The molecule has 48 heavy (non-hydrogen) atoms. The number of carbonyl (C=O) groups excluding carboxylic acids is 2. The molecule has 0 bridgehead atoms. The molecule has 2 aromatic carbocycles. The third-order valence-electron chi connectivity index (χ3n) is 6.70. The van der Waals surface area contributed by atoms with E-state index in [1.807, 2.05) is 26.8 Å². The number of nitrogens with one attached hydrogen (secondary N) is 1. The van der Waals surface area contributed by atoms with Crippen LogP contribution in [0.5, 0.6) is 5.75 Å². The van der Waals surface area contributed by atoms with Crippen LogP contribution in [0.2, 0.25) is 0 Å². The second-order valence-corrected chi connectivity index (χ2v) is 11.6. The van der Waals surface area contributed by atoms with Gasteiger partial charge in [0.05, 0.1) is 17.9 Å². The molecule has 3 N–H and O–H groups in total. The van der Waals surface area contributed by atoms with Crippen molar-refractivity contribution >= 4 is 23.9 Å². The number of anilines is 2. The van der Waals surface area contributed by atoms with Crippen molar-refractivity contribution in [2.45, 2.75) is 79.8 Å². The highest BCUT2D eigenvalue weighted by atomic mass is 19.1. The van der Waals surface area contributed by atoms with Gasteiger partial charge in [-0.3, -0.25) is 4.79 Å². The Morgan fingerprint density at radius 3 is 2.27 bits per heavy atom. The largest absolute Gasteiger partial charge is 0.486 e. The van der Waals surface area contributed by atoms with Gasteiger partial charge in [0, 0.05) is 25.3 Å². The van der Waals surface area contributed by atoms with Crippen LogP contribution in [-0.2, 0) is 4.74 Å². The molecule has 3 aromatic rings. The number of halogens is 3. The molecule has 12 heteroatoms. The van der Waals surface area contributed by atoms with Crippen LogP contribution in [0.1, 0.15) is 88.7 Å². The number of benzene rings is 2. The van der Waals surface area contributed by atoms with Gasteiger partial charge in [0.1, 0.15) is 35.9 Å². The van der Waals surface area contributed by atoms with Crippen molar-refractivity contribution in [3.63, 3.8) is 0 Å². The van der Waals surface area contributed by atoms with E-state index in [-0.39, 0.29) is 36.1 Å². The first-order valence-corrected chi connectivity index (χ1v) is 15.8. The molecule has 1 heterocycles. The maximum absolute atomic E-state index is 14.1. The van der Waals surface area contributed by atoms with Crippen LogP contribution in [0.3, 0.4) is 0 Å². The molecule has 9 nitrogen and oxygen atoms in total. The number of hydrogen-bond acceptors (Lipinski definition) is 8. The van der Waals surface area contributed by atoms with Crippen molar-refractivity contribution in [1.82, 2.24) is 14.9 Å². The highest BCUT2D eigenvalue weighted by Crippen LogP contribution is 2.40. The van der Waals surface area contributed by atoms with Gasteiger partial charge >= 0.3 is 6.09 Å². The van der Waals surface area contributed by atoms with Crippen LogP contribution >= 0.6 is 0 Å². The van der Waals surface area contributed by atoms with Crippen molar-refractivity contribution in [3.05, 3.63) is 76.9 Å². The number of allylic oxidation sites excluding steroid dienone is 2. The van der Waals surface area contributed by atoms with Gasteiger partial charge < -0.3 is 25.4 Å². The topological polar surface area (TPSA) is 120 Å². The predicted molar refractivity (Wildman–Crippen MR) is 186 cm³/mol. The molecule has 0 spiro atoms. The van der Waals surface area contributed by atoms with Gasteiger partial charge in [0.25, 0.3) is 0 Å². The molecule has 1 amide bonds. The van der Waals surface area contributed by atoms with Crippen LogP contribution in [-0.4, -0.2) is 60.1 Å². The Morgan fingerprint density at radius 2 is 1.77 bits per heavy atom. The van der Waals surface area contributed by atoms with Gasteiger partial charge in [-0.2, -0.15) is 0 Å². The highest BCUT2D eigenvalue weighted by molar-refractivity contribution is 5.78. The molecule has 1 fully saturated rings. The van der Waals surface area contributed by atoms with Gasteiger partial charge in [-0.15, -0.1) is 0 Å². The van der Waals surface area contributed by atoms with Crippen molar-refractivity contribution in [3.8, 4) is 17.0 Å². The average Bonchev–Trinajstić information content (AvgIpc) is 3.89. The van der Waals surface area contributed by atoms with Crippen molar-refractivity contribution in [1.29, 1.82) is 0 Å². The molecule has 264 valence electrons. The molecule has 0 radical (unpaired) electrons. The standard InChI is InChI=1S/C20H28FN5O3.C10H9FO.C4H7F.C2H6/c1-12-14(9-13(21)10-15(12)23-5)16-17(18(22)25-11-24-16)28-8-7-26(6)19(27)29-20(2,3)4;11-10-5-8(7-1-2-7)3-4-9(10)6-12;1-3-4(2)5;1-2/h9-11,23H,7-8H2,1-6H3,(H2,22,24,25);3-7H,1-2H2;3H,1-2H3;1-2H3/b;;4-3+;. The summed E-state index contributed by atoms with van der Waals surface area (Å²) in [5, 5.41) is 2.96. The fourth-order valence-electron chi connectivity index (χ4n) is 3.93. The summed E-state index contributed by atoms with van der Waals surface area (Å²) in [4.78, 5) is 32.0. The van der Waals surface area contributed by atoms with Gasteiger partial charge in [-0.25, -0.2) is 27.9 Å². The first kappa shape index (κ1) is 41.4. The van der Waals surface area contributed by atoms with Gasteiger partial charge in [-0.05, 0) is 95.7 Å². The Hall–Kier alpha value is -4.61. The van der Waals surface area contributed by atoms with Crippen molar-refractivity contribution < 1.29 is 32.2 Å². The number of aromatic nitrogens is 2. The van der Waals surface area contributed by atoms with Crippen LogP contribution in [0, 0.1) is 18.6 Å². The normalized spacial score (nSPS) is 12.1. The number of nitrogen functional groups attached to an aromatic ring is 1. The van der Waals surface area contributed by atoms with Crippen LogP contribution in [0.25, 0.3) is 11.3 Å². The van der Waals surface area contributed by atoms with Crippen LogP contribution in [0.15, 0.2) is 48.6 Å². The van der Waals surface area contributed by atoms with E-state index in [9.17, 15) is 22.8 Å². The summed E-state index contributed by atoms with van der Waals surface area (Å²) in [7, 11) is 3.32. The molecule has 0 unspecified atom stereocenters. The molecule has 0 atom stereocenters. The Kier molecular flexibility index (Phi) is 17.2. The van der Waals surface area contributed by atoms with Crippen molar-refractivity contribution in [2.75, 3.05) is 38.3 Å². The quantitative estimate of drug-likeness (QED) is 0.228. The van der Waals surface area contributed by atoms with E-state index in [0.717, 1.165) is 24.0 Å². The lowest BCUT2D eigenvalue weighted by Gasteiger charge is -2.24. The molecular formula is C36H50F3N5O4. The number of nitrogens with two attached hydrogens (primary N) is 1. The smallest absolute Gasteiger partial charge is 0.410 e. The summed E-state index contributed by atoms with van der Waals surface area (Å²) in [5.74, 6) is -0.0206. The predicted octanol–water partition coefficient (Wildman–Crippen LogP) is 8.88. The van der Waals surface area contributed by atoms with Gasteiger partial charge in [0.15, 0.2) is 17.9 Å². The summed E-state index contributed by atoms with van der Waals surface area (Å²) in [5.41, 5.74) is 8.93. The molecule has 4 rings (SSSR count). The molecular weight excluding hydrogens is 623 g/mol. The van der Waals surface area contributed by atoms with E-state index >= 15 is 0 Å². The fourth-order valence-corrected chi connectivity index (χ4v) is 3.93. The van der Waals surface area contributed by atoms with E-state index in [1.54, 1.807) is 47.9 Å². The van der Waals surface area contributed by atoms with E-state index in [0.29, 0.717) is 29.1 Å². The zero-order chi connectivity index (χ0) is 36.6. The van der Waals surface area contributed by atoms with Crippen LogP contribution < -0.4 is 15.8 Å². The zero-order valence-electron chi connectivity index (χ0n) is 29.7. The summed E-state index contributed by atoms with van der Waals surface area (Å²) in [6.07, 6.45) is 5.11. The number of amides is 1. The molecule has 1 aromatic heterocycles. The SMILES string of the molecule is C/C=C(\C)F.CC.CNc1cc(F)cc(-c2ncnc(N)c2OCCN(C)C(=O)OC(C)(C)C)c1C.O=Cc1ccc(C2CC2)cc1F. The first-order valence-electron chi connectivity index (χ1n) is 15.8. The third kappa shape index (κ3) is 13.6. The van der Waals surface area contributed by atoms with Gasteiger partial charge in [0.2, 0.25) is 0 Å². The fraction of sp³-hybridized carbons (Fsp3) is 0.444.